The Hall–Kier alpha value is -0.870. The van der Waals surface area contributed by atoms with Crippen LogP contribution < -0.4 is 5.32 Å². The third-order valence-electron chi connectivity index (χ3n) is 3.20. The van der Waals surface area contributed by atoms with Crippen molar-refractivity contribution in [2.75, 3.05) is 11.9 Å². The molecule has 1 aromatic rings. The first-order valence-electron chi connectivity index (χ1n) is 5.46. The smallest absolute Gasteiger partial charge is 0.137 e. The van der Waals surface area contributed by atoms with Crippen LogP contribution >= 0.6 is 11.6 Å². The summed E-state index contributed by atoms with van der Waals surface area (Å²) < 4.78 is 0. The monoisotopic (exact) mass is 241 g/mol. The van der Waals surface area contributed by atoms with Crippen LogP contribution in [0.4, 0.5) is 5.82 Å². The Kier molecular flexibility index (Phi) is 3.04. The minimum atomic E-state index is -0.200. The molecule has 5 heteroatoms. The largest absolute Gasteiger partial charge is 0.394 e. The third-order valence-corrected chi connectivity index (χ3v) is 3.56. The summed E-state index contributed by atoms with van der Waals surface area (Å²) in [5, 5.41) is 13.2. The Balaban J connectivity index is 2.27. The van der Waals surface area contributed by atoms with Gasteiger partial charge < -0.3 is 10.4 Å². The van der Waals surface area contributed by atoms with Crippen molar-refractivity contribution < 1.29 is 5.11 Å². The van der Waals surface area contributed by atoms with Crippen molar-refractivity contribution in [3.8, 4) is 0 Å². The molecule has 0 saturated heterocycles. The van der Waals surface area contributed by atoms with Gasteiger partial charge in [-0.15, -0.1) is 0 Å². The van der Waals surface area contributed by atoms with Crippen LogP contribution in [-0.4, -0.2) is 27.2 Å². The van der Waals surface area contributed by atoms with Crippen molar-refractivity contribution in [3.05, 3.63) is 16.5 Å². The van der Waals surface area contributed by atoms with E-state index >= 15 is 0 Å². The van der Waals surface area contributed by atoms with Crippen LogP contribution in [0.2, 0.25) is 5.15 Å². The lowest BCUT2D eigenvalue weighted by Gasteiger charge is -2.41. The summed E-state index contributed by atoms with van der Waals surface area (Å²) in [5.41, 5.74) is 0.640. The van der Waals surface area contributed by atoms with Gasteiger partial charge in [-0.25, -0.2) is 9.97 Å². The fourth-order valence-electron chi connectivity index (χ4n) is 1.89. The average molecular weight is 242 g/mol. The summed E-state index contributed by atoms with van der Waals surface area (Å²) in [5.74, 6) is 1.39. The lowest BCUT2D eigenvalue weighted by Crippen LogP contribution is -2.48. The van der Waals surface area contributed by atoms with Gasteiger partial charge >= 0.3 is 0 Å². The van der Waals surface area contributed by atoms with Crippen LogP contribution in [0, 0.1) is 13.8 Å². The van der Waals surface area contributed by atoms with E-state index in [-0.39, 0.29) is 12.1 Å². The van der Waals surface area contributed by atoms with Crippen LogP contribution in [0.3, 0.4) is 0 Å². The molecule has 0 aromatic carbocycles. The van der Waals surface area contributed by atoms with Gasteiger partial charge in [-0.05, 0) is 33.1 Å². The predicted octanol–water partition coefficient (Wildman–Crippen LogP) is 2.07. The molecule has 1 aliphatic rings. The molecule has 4 nitrogen and oxygen atoms in total. The molecule has 0 radical (unpaired) electrons. The number of aliphatic hydroxyl groups excluding tert-OH is 1. The third kappa shape index (κ3) is 1.99. The van der Waals surface area contributed by atoms with Gasteiger partial charge in [0.1, 0.15) is 16.8 Å². The van der Waals surface area contributed by atoms with E-state index in [4.69, 9.17) is 11.6 Å². The van der Waals surface area contributed by atoms with Crippen LogP contribution in [0.1, 0.15) is 30.7 Å². The standard InChI is InChI=1S/C11H16ClN3O/c1-7-9(12)13-8(2)14-10(7)15-11(6-16)4-3-5-11/h16H,3-6H2,1-2H3,(H,13,14,15). The van der Waals surface area contributed by atoms with Gasteiger partial charge in [0.05, 0.1) is 12.1 Å². The van der Waals surface area contributed by atoms with E-state index in [9.17, 15) is 5.11 Å². The number of aliphatic hydroxyl groups is 1. The first-order chi connectivity index (χ1) is 7.56. The summed E-state index contributed by atoms with van der Waals surface area (Å²) in [6.45, 7) is 3.82. The van der Waals surface area contributed by atoms with Crippen LogP contribution in [0.25, 0.3) is 0 Å². The highest BCUT2D eigenvalue weighted by Gasteiger charge is 2.37. The Morgan fingerprint density at radius 2 is 2.06 bits per heavy atom. The van der Waals surface area contributed by atoms with E-state index in [1.165, 1.54) is 0 Å². The molecule has 1 fully saturated rings. The van der Waals surface area contributed by atoms with Gasteiger partial charge in [0.2, 0.25) is 0 Å². The van der Waals surface area contributed by atoms with Crippen molar-refractivity contribution in [2.45, 2.75) is 38.6 Å². The number of nitrogens with one attached hydrogen (secondary N) is 1. The highest BCUT2D eigenvalue weighted by molar-refractivity contribution is 6.30. The molecule has 0 amide bonds. The van der Waals surface area contributed by atoms with Crippen molar-refractivity contribution in [1.82, 2.24) is 9.97 Å². The Morgan fingerprint density at radius 1 is 1.38 bits per heavy atom. The quantitative estimate of drug-likeness (QED) is 0.796. The Labute approximate surface area is 100 Å². The second-order valence-electron chi connectivity index (χ2n) is 4.45. The van der Waals surface area contributed by atoms with Crippen molar-refractivity contribution in [2.24, 2.45) is 0 Å². The predicted molar refractivity (Wildman–Crippen MR) is 63.8 cm³/mol. The first-order valence-corrected chi connectivity index (χ1v) is 5.84. The highest BCUT2D eigenvalue weighted by Crippen LogP contribution is 2.35. The molecule has 2 rings (SSSR count). The summed E-state index contributed by atoms with van der Waals surface area (Å²) in [6.07, 6.45) is 3.09. The second-order valence-corrected chi connectivity index (χ2v) is 4.81. The number of hydrogen-bond acceptors (Lipinski definition) is 4. The molecule has 0 bridgehead atoms. The van der Waals surface area contributed by atoms with Crippen molar-refractivity contribution >= 4 is 17.4 Å². The van der Waals surface area contributed by atoms with Crippen molar-refractivity contribution in [3.63, 3.8) is 0 Å². The summed E-state index contributed by atoms with van der Waals surface area (Å²) in [6, 6.07) is 0. The Morgan fingerprint density at radius 3 is 2.56 bits per heavy atom. The number of anilines is 1. The lowest BCUT2D eigenvalue weighted by atomic mass is 9.77. The minimum absolute atomic E-state index is 0.132. The topological polar surface area (TPSA) is 58.0 Å². The van der Waals surface area contributed by atoms with Crippen LogP contribution in [0.5, 0.6) is 0 Å². The SMILES string of the molecule is Cc1nc(Cl)c(C)c(NC2(CO)CCC2)n1. The number of halogens is 1. The minimum Gasteiger partial charge on any atom is -0.394 e. The molecular formula is C11H16ClN3O. The van der Waals surface area contributed by atoms with E-state index in [0.29, 0.717) is 11.0 Å². The van der Waals surface area contributed by atoms with Gasteiger partial charge in [0.15, 0.2) is 0 Å². The molecule has 0 spiro atoms. The van der Waals surface area contributed by atoms with E-state index in [1.807, 2.05) is 13.8 Å². The molecule has 88 valence electrons. The molecule has 16 heavy (non-hydrogen) atoms. The zero-order valence-electron chi connectivity index (χ0n) is 9.55. The molecule has 1 heterocycles. The first kappa shape index (κ1) is 11.6. The van der Waals surface area contributed by atoms with Gasteiger partial charge in [0.25, 0.3) is 0 Å². The number of hydrogen-bond donors (Lipinski definition) is 2. The van der Waals surface area contributed by atoms with Crippen LogP contribution in [0.15, 0.2) is 0 Å². The van der Waals surface area contributed by atoms with Gasteiger partial charge in [-0.3, -0.25) is 0 Å². The maximum Gasteiger partial charge on any atom is 0.137 e. The van der Waals surface area contributed by atoms with E-state index in [0.717, 1.165) is 30.6 Å². The van der Waals surface area contributed by atoms with Gasteiger partial charge in [-0.2, -0.15) is 0 Å². The van der Waals surface area contributed by atoms with E-state index < -0.39 is 0 Å². The zero-order chi connectivity index (χ0) is 11.8. The zero-order valence-corrected chi connectivity index (χ0v) is 10.3. The Bertz CT molecular complexity index is 399. The van der Waals surface area contributed by atoms with Gasteiger partial charge in [0, 0.05) is 5.56 Å². The second kappa shape index (κ2) is 4.18. The number of aryl methyl sites for hydroxylation is 1. The molecule has 2 N–H and O–H groups in total. The molecule has 0 atom stereocenters. The van der Waals surface area contributed by atoms with E-state index in [2.05, 4.69) is 15.3 Å². The fourth-order valence-corrected chi connectivity index (χ4v) is 2.11. The summed E-state index contributed by atoms with van der Waals surface area (Å²) in [4.78, 5) is 8.42. The number of nitrogens with zero attached hydrogens (tertiary/aromatic N) is 2. The maximum atomic E-state index is 9.39. The number of aromatic nitrogens is 2. The van der Waals surface area contributed by atoms with Crippen LogP contribution in [-0.2, 0) is 0 Å². The normalized spacial score (nSPS) is 18.0. The molecule has 1 aromatic heterocycles. The molecular weight excluding hydrogens is 226 g/mol. The van der Waals surface area contributed by atoms with Gasteiger partial charge in [-0.1, -0.05) is 11.6 Å². The fraction of sp³-hybridized carbons (Fsp3) is 0.636. The molecule has 1 aliphatic carbocycles. The summed E-state index contributed by atoms with van der Waals surface area (Å²) in [7, 11) is 0. The average Bonchev–Trinajstić information content (AvgIpc) is 2.18. The molecule has 1 saturated carbocycles. The molecule has 0 aliphatic heterocycles. The lowest BCUT2D eigenvalue weighted by molar-refractivity contribution is 0.143. The number of rotatable bonds is 3. The summed E-state index contributed by atoms with van der Waals surface area (Å²) >= 11 is 6.00. The highest BCUT2D eigenvalue weighted by atomic mass is 35.5. The van der Waals surface area contributed by atoms with E-state index in [1.54, 1.807) is 0 Å². The molecule has 0 unspecified atom stereocenters. The maximum absolute atomic E-state index is 9.39. The van der Waals surface area contributed by atoms with Crippen molar-refractivity contribution in [1.29, 1.82) is 0 Å².